The summed E-state index contributed by atoms with van der Waals surface area (Å²) in [6.45, 7) is -0.0619. The third kappa shape index (κ3) is 3.12. The zero-order chi connectivity index (χ0) is 14.7. The number of thiocarbonyl (C=S) groups is 1. The van der Waals surface area contributed by atoms with E-state index in [4.69, 9.17) is 33.8 Å². The van der Waals surface area contributed by atoms with Crippen LogP contribution in [0.4, 0.5) is 0 Å². The van der Waals surface area contributed by atoms with Gasteiger partial charge in [0, 0.05) is 7.05 Å². The number of nitrogens with zero attached hydrogens (tertiary/aromatic N) is 2. The number of benzene rings is 1. The fourth-order valence-electron chi connectivity index (χ4n) is 1.53. The van der Waals surface area contributed by atoms with Crippen LogP contribution in [0.5, 0.6) is 5.75 Å². The van der Waals surface area contributed by atoms with Crippen molar-refractivity contribution in [2.45, 2.75) is 0 Å². The van der Waals surface area contributed by atoms with Gasteiger partial charge in [-0.2, -0.15) is 5.26 Å². The molecule has 1 aliphatic heterocycles. The Kier molecular flexibility index (Phi) is 4.65. The van der Waals surface area contributed by atoms with Crippen LogP contribution in [0.1, 0.15) is 5.56 Å². The molecule has 0 radical (unpaired) electrons. The number of hydrogen-bond donors (Lipinski definition) is 0. The van der Waals surface area contributed by atoms with Crippen LogP contribution in [0.15, 0.2) is 23.1 Å². The summed E-state index contributed by atoms with van der Waals surface area (Å²) >= 11 is 12.4. The van der Waals surface area contributed by atoms with Gasteiger partial charge in [-0.15, -0.1) is 0 Å². The second-order valence-corrected chi connectivity index (χ2v) is 5.96. The lowest BCUT2D eigenvalue weighted by Gasteiger charge is -2.05. The molecule has 0 saturated carbocycles. The van der Waals surface area contributed by atoms with Gasteiger partial charge < -0.3 is 4.74 Å². The van der Waals surface area contributed by atoms with E-state index in [-0.39, 0.29) is 12.5 Å². The Hall–Kier alpha value is -1.55. The van der Waals surface area contributed by atoms with E-state index in [1.165, 1.54) is 16.7 Å². The van der Waals surface area contributed by atoms with Gasteiger partial charge in [-0.1, -0.05) is 41.6 Å². The fourth-order valence-corrected chi connectivity index (χ4v) is 2.95. The highest BCUT2D eigenvalue weighted by atomic mass is 35.5. The maximum Gasteiger partial charge on any atom is 0.265 e. The molecule has 7 heteroatoms. The molecule has 1 aromatic carbocycles. The average Bonchev–Trinajstić information content (AvgIpc) is 2.65. The van der Waals surface area contributed by atoms with Gasteiger partial charge in [0.2, 0.25) is 0 Å². The number of nitriles is 1. The van der Waals surface area contributed by atoms with Crippen molar-refractivity contribution in [3.8, 4) is 11.8 Å². The summed E-state index contributed by atoms with van der Waals surface area (Å²) in [5.74, 6) is 0.314. The summed E-state index contributed by atoms with van der Waals surface area (Å²) in [5, 5.41) is 8.85. The molecule has 2 rings (SSSR count). The lowest BCUT2D eigenvalue weighted by atomic mass is 10.2. The molecule has 1 fully saturated rings. The van der Waals surface area contributed by atoms with E-state index in [9.17, 15) is 4.79 Å². The minimum atomic E-state index is -0.124. The van der Waals surface area contributed by atoms with Crippen molar-refractivity contribution in [2.75, 3.05) is 13.7 Å². The Morgan fingerprint density at radius 1 is 1.60 bits per heavy atom. The second-order valence-electron chi connectivity index (χ2n) is 3.88. The maximum atomic E-state index is 11.9. The zero-order valence-corrected chi connectivity index (χ0v) is 12.8. The second kappa shape index (κ2) is 6.27. The number of rotatable bonds is 3. The molecule has 0 spiro atoms. The molecule has 0 atom stereocenters. The number of carbonyl (C=O) groups is 1. The predicted octanol–water partition coefficient (Wildman–Crippen LogP) is 3.07. The van der Waals surface area contributed by atoms with Gasteiger partial charge >= 0.3 is 0 Å². The first-order valence-corrected chi connectivity index (χ1v) is 7.14. The first kappa shape index (κ1) is 14.9. The molecule has 0 bridgehead atoms. The van der Waals surface area contributed by atoms with Gasteiger partial charge in [0.1, 0.15) is 16.1 Å². The lowest BCUT2D eigenvalue weighted by Crippen LogP contribution is -2.22. The fraction of sp³-hybridized carbons (Fsp3) is 0.154. The van der Waals surface area contributed by atoms with Crippen LogP contribution in [-0.4, -0.2) is 28.8 Å². The molecule has 0 N–H and O–H groups in total. The van der Waals surface area contributed by atoms with Crippen LogP contribution in [-0.2, 0) is 4.79 Å². The van der Waals surface area contributed by atoms with Crippen molar-refractivity contribution < 1.29 is 9.53 Å². The molecule has 0 unspecified atom stereocenters. The monoisotopic (exact) mass is 324 g/mol. The first-order valence-electron chi connectivity index (χ1n) is 5.54. The highest BCUT2D eigenvalue weighted by Crippen LogP contribution is 2.33. The van der Waals surface area contributed by atoms with Crippen molar-refractivity contribution in [2.24, 2.45) is 0 Å². The Morgan fingerprint density at radius 2 is 2.35 bits per heavy atom. The summed E-state index contributed by atoms with van der Waals surface area (Å²) in [6.07, 6.45) is 1.72. The van der Waals surface area contributed by atoms with Gasteiger partial charge in [0.05, 0.1) is 9.93 Å². The molecule has 20 heavy (non-hydrogen) atoms. The van der Waals surface area contributed by atoms with Gasteiger partial charge in [0.25, 0.3) is 5.91 Å². The molecule has 1 amide bonds. The smallest absolute Gasteiger partial charge is 0.265 e. The summed E-state index contributed by atoms with van der Waals surface area (Å²) in [7, 11) is 1.64. The number of halogens is 1. The molecule has 1 heterocycles. The summed E-state index contributed by atoms with van der Waals surface area (Å²) in [5.41, 5.74) is 0.772. The maximum absolute atomic E-state index is 11.9. The molecule has 4 nitrogen and oxygen atoms in total. The Balaban J connectivity index is 2.23. The lowest BCUT2D eigenvalue weighted by molar-refractivity contribution is -0.121. The third-order valence-corrected chi connectivity index (χ3v) is 4.31. The van der Waals surface area contributed by atoms with Gasteiger partial charge in [-0.3, -0.25) is 9.69 Å². The van der Waals surface area contributed by atoms with Crippen molar-refractivity contribution in [3.05, 3.63) is 33.7 Å². The van der Waals surface area contributed by atoms with Crippen LogP contribution in [0, 0.1) is 11.3 Å². The third-order valence-electron chi connectivity index (χ3n) is 2.53. The normalized spacial score (nSPS) is 16.6. The van der Waals surface area contributed by atoms with Crippen LogP contribution in [0.3, 0.4) is 0 Å². The number of hydrogen-bond acceptors (Lipinski definition) is 5. The van der Waals surface area contributed by atoms with Gasteiger partial charge in [-0.25, -0.2) is 0 Å². The minimum Gasteiger partial charge on any atom is -0.477 e. The molecular formula is C13H9ClN2O2S2. The highest BCUT2D eigenvalue weighted by molar-refractivity contribution is 8.26. The van der Waals surface area contributed by atoms with E-state index in [0.29, 0.717) is 20.0 Å². The number of carbonyl (C=O) groups excluding carboxylic acids is 1. The number of likely N-dealkylation sites (N-methyl/N-ethyl adjacent to an activating group) is 1. The van der Waals surface area contributed by atoms with Crippen molar-refractivity contribution in [1.29, 1.82) is 5.26 Å². The van der Waals surface area contributed by atoms with E-state index in [1.807, 2.05) is 6.07 Å². The molecule has 102 valence electrons. The van der Waals surface area contributed by atoms with Crippen LogP contribution in [0.25, 0.3) is 6.08 Å². The zero-order valence-electron chi connectivity index (χ0n) is 10.4. The van der Waals surface area contributed by atoms with Crippen LogP contribution in [0.2, 0.25) is 5.02 Å². The molecule has 1 aliphatic rings. The standard InChI is InChI=1S/C13H9ClN2O2S2/c1-16-12(17)11(20-13(16)19)7-8-2-3-10(9(14)6-8)18-5-4-15/h2-3,6-7H,5H2,1H3/b11-7-. The molecule has 0 aliphatic carbocycles. The molecule has 0 aromatic heterocycles. The number of amides is 1. The highest BCUT2D eigenvalue weighted by Gasteiger charge is 2.28. The number of thioether (sulfide) groups is 1. The Morgan fingerprint density at radius 3 is 2.90 bits per heavy atom. The summed E-state index contributed by atoms with van der Waals surface area (Å²) < 4.78 is 5.68. The Labute approximate surface area is 131 Å². The van der Waals surface area contributed by atoms with Crippen LogP contribution >= 0.6 is 35.6 Å². The number of ether oxygens (including phenoxy) is 1. The largest absolute Gasteiger partial charge is 0.477 e. The Bertz CT molecular complexity index is 652. The molecular weight excluding hydrogens is 316 g/mol. The van der Waals surface area contributed by atoms with E-state index < -0.39 is 0 Å². The predicted molar refractivity (Wildman–Crippen MR) is 83.5 cm³/mol. The van der Waals surface area contributed by atoms with E-state index in [0.717, 1.165) is 5.56 Å². The minimum absolute atomic E-state index is 0.0619. The van der Waals surface area contributed by atoms with E-state index >= 15 is 0 Å². The van der Waals surface area contributed by atoms with Crippen molar-refractivity contribution in [1.82, 2.24) is 4.90 Å². The SMILES string of the molecule is CN1C(=O)/C(=C/c2ccc(OCC#N)c(Cl)c2)SC1=S. The summed E-state index contributed by atoms with van der Waals surface area (Å²) in [4.78, 5) is 13.9. The topological polar surface area (TPSA) is 53.3 Å². The van der Waals surface area contributed by atoms with Gasteiger partial charge in [-0.05, 0) is 23.8 Å². The molecule has 1 aromatic rings. The van der Waals surface area contributed by atoms with E-state index in [2.05, 4.69) is 0 Å². The van der Waals surface area contributed by atoms with Crippen LogP contribution < -0.4 is 4.74 Å². The van der Waals surface area contributed by atoms with Crippen molar-refractivity contribution >= 4 is 51.9 Å². The van der Waals surface area contributed by atoms with E-state index in [1.54, 1.807) is 31.3 Å². The van der Waals surface area contributed by atoms with Gasteiger partial charge in [0.15, 0.2) is 6.61 Å². The molecule has 1 saturated heterocycles. The first-order chi connectivity index (χ1) is 9.52. The summed E-state index contributed by atoms with van der Waals surface area (Å²) in [6, 6.07) is 6.98. The average molecular weight is 325 g/mol. The quantitative estimate of drug-likeness (QED) is 0.632. The van der Waals surface area contributed by atoms with Crippen molar-refractivity contribution in [3.63, 3.8) is 0 Å².